The third-order valence-electron chi connectivity index (χ3n) is 2.73. The normalized spacial score (nSPS) is 23.4. The van der Waals surface area contributed by atoms with Gasteiger partial charge in [0.05, 0.1) is 6.54 Å². The largest absolute Gasteiger partial charge is 0.348 e. The number of rotatable bonds is 2. The van der Waals surface area contributed by atoms with Crippen molar-refractivity contribution in [3.8, 4) is 0 Å². The molecule has 1 aliphatic heterocycles. The maximum atomic E-state index is 13.2. The predicted molar refractivity (Wildman–Crippen MR) is 56.0 cm³/mol. The first-order chi connectivity index (χ1) is 7.52. The van der Waals surface area contributed by atoms with Gasteiger partial charge in [-0.25, -0.2) is 13.8 Å². The molecule has 1 aromatic heterocycles. The summed E-state index contributed by atoms with van der Waals surface area (Å²) in [6, 6.07) is 2.95. The summed E-state index contributed by atoms with van der Waals surface area (Å²) < 4.78 is 26.3. The number of halogens is 2. The lowest BCUT2D eigenvalue weighted by Crippen LogP contribution is -2.29. The number of hydrogen-bond donors (Lipinski definition) is 0. The molecule has 16 heavy (non-hydrogen) atoms. The predicted octanol–water partition coefficient (Wildman–Crippen LogP) is 2.13. The highest BCUT2D eigenvalue weighted by Crippen LogP contribution is 2.34. The molecule has 2 rings (SSSR count). The Morgan fingerprint density at radius 2 is 2.31 bits per heavy atom. The molecule has 0 radical (unpaired) electrons. The zero-order valence-electron chi connectivity index (χ0n) is 8.86. The topological polar surface area (TPSA) is 33.2 Å². The van der Waals surface area contributed by atoms with Gasteiger partial charge in [0.2, 0.25) is 0 Å². The second kappa shape index (κ2) is 3.81. The number of hydrogen-bond acceptors (Lipinski definition) is 3. The molecule has 0 saturated carbocycles. The smallest absolute Gasteiger partial charge is 0.267 e. The Balaban J connectivity index is 2.21. The lowest BCUT2D eigenvalue weighted by molar-refractivity contribution is 0.0229. The fourth-order valence-electron chi connectivity index (χ4n) is 1.96. The minimum Gasteiger partial charge on any atom is -0.348 e. The van der Waals surface area contributed by atoms with Gasteiger partial charge >= 0.3 is 0 Å². The molecule has 5 heteroatoms. The van der Waals surface area contributed by atoms with Gasteiger partial charge < -0.3 is 4.90 Å². The highest BCUT2D eigenvalue weighted by atomic mass is 19.3. The van der Waals surface area contributed by atoms with Gasteiger partial charge in [-0.1, -0.05) is 0 Å². The van der Waals surface area contributed by atoms with Crippen molar-refractivity contribution in [2.24, 2.45) is 0 Å². The van der Waals surface area contributed by atoms with Crippen LogP contribution in [-0.4, -0.2) is 29.8 Å². The fourth-order valence-corrected chi connectivity index (χ4v) is 1.96. The van der Waals surface area contributed by atoms with E-state index in [4.69, 9.17) is 0 Å². The molecular formula is C11H12F2N2O. The molecule has 0 spiro atoms. The summed E-state index contributed by atoms with van der Waals surface area (Å²) in [4.78, 5) is 16.0. The monoisotopic (exact) mass is 226 g/mol. The van der Waals surface area contributed by atoms with Gasteiger partial charge in [0.15, 0.2) is 6.29 Å². The van der Waals surface area contributed by atoms with Gasteiger partial charge in [-0.15, -0.1) is 0 Å². The molecule has 0 N–H and O–H groups in total. The highest BCUT2D eigenvalue weighted by molar-refractivity contribution is 5.74. The number of nitrogens with zero attached hydrogens (tertiary/aromatic N) is 2. The van der Waals surface area contributed by atoms with Crippen LogP contribution in [0.25, 0.3) is 0 Å². The van der Waals surface area contributed by atoms with Crippen molar-refractivity contribution in [3.63, 3.8) is 0 Å². The van der Waals surface area contributed by atoms with E-state index < -0.39 is 5.92 Å². The van der Waals surface area contributed by atoms with Crippen molar-refractivity contribution in [3.05, 3.63) is 23.9 Å². The van der Waals surface area contributed by atoms with Gasteiger partial charge in [-0.2, -0.15) is 0 Å². The third-order valence-corrected chi connectivity index (χ3v) is 2.73. The average molecular weight is 226 g/mol. The van der Waals surface area contributed by atoms with E-state index in [2.05, 4.69) is 4.98 Å². The van der Waals surface area contributed by atoms with E-state index in [-0.39, 0.29) is 19.0 Å². The molecule has 0 aliphatic carbocycles. The van der Waals surface area contributed by atoms with E-state index in [1.165, 1.54) is 6.20 Å². The number of carbonyl (C=O) groups excluding carboxylic acids is 1. The van der Waals surface area contributed by atoms with Crippen molar-refractivity contribution >= 4 is 12.1 Å². The Morgan fingerprint density at radius 1 is 1.56 bits per heavy atom. The fraction of sp³-hybridized carbons (Fsp3) is 0.455. The molecule has 86 valence electrons. The second-order valence-corrected chi connectivity index (χ2v) is 4.10. The molecule has 0 bridgehead atoms. The number of alkyl halides is 2. The molecule has 0 amide bonds. The summed E-state index contributed by atoms with van der Waals surface area (Å²) >= 11 is 0. The van der Waals surface area contributed by atoms with Crippen molar-refractivity contribution in [1.82, 2.24) is 4.98 Å². The highest BCUT2D eigenvalue weighted by Gasteiger charge is 2.43. The molecule has 3 nitrogen and oxygen atoms in total. The molecule has 1 aliphatic rings. The maximum Gasteiger partial charge on any atom is 0.267 e. The van der Waals surface area contributed by atoms with Gasteiger partial charge in [-0.05, 0) is 19.1 Å². The summed E-state index contributed by atoms with van der Waals surface area (Å²) in [7, 11) is 0. The zero-order valence-corrected chi connectivity index (χ0v) is 8.86. The SMILES string of the molecule is C[C@H]1CC(F)(F)CN1c1ccc(C=O)cn1. The molecule has 1 atom stereocenters. The van der Waals surface area contributed by atoms with Crippen LogP contribution >= 0.6 is 0 Å². The van der Waals surface area contributed by atoms with E-state index >= 15 is 0 Å². The molecule has 1 aromatic rings. The van der Waals surface area contributed by atoms with Crippen LogP contribution in [0.15, 0.2) is 18.3 Å². The van der Waals surface area contributed by atoms with E-state index in [1.807, 2.05) is 0 Å². The summed E-state index contributed by atoms with van der Waals surface area (Å²) in [5, 5.41) is 0. The Labute approximate surface area is 92.1 Å². The number of pyridine rings is 1. The van der Waals surface area contributed by atoms with Gasteiger partial charge in [-0.3, -0.25) is 4.79 Å². The van der Waals surface area contributed by atoms with Crippen LogP contribution in [0.2, 0.25) is 0 Å². The van der Waals surface area contributed by atoms with Crippen LogP contribution in [0.5, 0.6) is 0 Å². The van der Waals surface area contributed by atoms with Crippen LogP contribution < -0.4 is 4.90 Å². The standard InChI is InChI=1S/C11H12F2N2O/c1-8-4-11(12,13)7-15(8)10-3-2-9(6-16)5-14-10/h2-3,5-6,8H,4,7H2,1H3/t8-/m0/s1. The second-order valence-electron chi connectivity index (χ2n) is 4.10. The van der Waals surface area contributed by atoms with E-state index in [0.717, 1.165) is 0 Å². The van der Waals surface area contributed by atoms with Gasteiger partial charge in [0.25, 0.3) is 5.92 Å². The first-order valence-corrected chi connectivity index (χ1v) is 5.07. The van der Waals surface area contributed by atoms with Crippen LogP contribution in [-0.2, 0) is 0 Å². The average Bonchev–Trinajstić information content (AvgIpc) is 2.52. The van der Waals surface area contributed by atoms with Crippen molar-refractivity contribution < 1.29 is 13.6 Å². The lowest BCUT2D eigenvalue weighted by atomic mass is 10.2. The number of carbonyl (C=O) groups is 1. The number of anilines is 1. The van der Waals surface area contributed by atoms with Crippen LogP contribution in [0, 0.1) is 0 Å². The minimum atomic E-state index is -2.65. The lowest BCUT2D eigenvalue weighted by Gasteiger charge is -2.21. The summed E-state index contributed by atoms with van der Waals surface area (Å²) in [5.74, 6) is -2.15. The van der Waals surface area contributed by atoms with E-state index in [1.54, 1.807) is 24.0 Å². The van der Waals surface area contributed by atoms with Crippen molar-refractivity contribution in [1.29, 1.82) is 0 Å². The summed E-state index contributed by atoms with van der Waals surface area (Å²) in [6.07, 6.45) is 1.93. The molecule has 1 fully saturated rings. The third kappa shape index (κ3) is 2.03. The molecule has 0 aromatic carbocycles. The number of aromatic nitrogens is 1. The Hall–Kier alpha value is -1.52. The van der Waals surface area contributed by atoms with Crippen molar-refractivity contribution in [2.75, 3.05) is 11.4 Å². The molecule has 2 heterocycles. The van der Waals surface area contributed by atoms with E-state index in [0.29, 0.717) is 17.7 Å². The molecule has 1 saturated heterocycles. The van der Waals surface area contributed by atoms with Gasteiger partial charge in [0, 0.05) is 24.2 Å². The quantitative estimate of drug-likeness (QED) is 0.724. The zero-order chi connectivity index (χ0) is 11.8. The maximum absolute atomic E-state index is 13.2. The first kappa shape index (κ1) is 11.0. The Kier molecular flexibility index (Phi) is 2.61. The van der Waals surface area contributed by atoms with Gasteiger partial charge in [0.1, 0.15) is 5.82 Å². The van der Waals surface area contributed by atoms with E-state index in [9.17, 15) is 13.6 Å². The van der Waals surface area contributed by atoms with Crippen LogP contribution in [0.4, 0.5) is 14.6 Å². The molecular weight excluding hydrogens is 214 g/mol. The minimum absolute atomic E-state index is 0.149. The first-order valence-electron chi connectivity index (χ1n) is 5.07. The van der Waals surface area contributed by atoms with Crippen LogP contribution in [0.3, 0.4) is 0 Å². The number of aldehydes is 1. The van der Waals surface area contributed by atoms with Crippen molar-refractivity contribution in [2.45, 2.75) is 25.3 Å². The summed E-state index contributed by atoms with van der Waals surface area (Å²) in [6.45, 7) is 1.44. The Bertz CT molecular complexity index is 391. The Morgan fingerprint density at radius 3 is 2.75 bits per heavy atom. The molecule has 0 unspecified atom stereocenters. The summed E-state index contributed by atoms with van der Waals surface area (Å²) in [5.41, 5.74) is 0.447. The van der Waals surface area contributed by atoms with Crippen LogP contribution in [0.1, 0.15) is 23.7 Å².